The minimum absolute atomic E-state index is 1.05. The summed E-state index contributed by atoms with van der Waals surface area (Å²) in [5.41, 5.74) is 3.46. The topological polar surface area (TPSA) is 38.4 Å². The first kappa shape index (κ1) is 9.52. The van der Waals surface area contributed by atoms with E-state index in [1.807, 2.05) is 24.3 Å². The predicted octanol–water partition coefficient (Wildman–Crippen LogP) is 2.40. The highest BCUT2D eigenvalue weighted by Crippen LogP contribution is 2.10. The van der Waals surface area contributed by atoms with Crippen molar-refractivity contribution in [2.45, 2.75) is 13.8 Å². The molecule has 13 heavy (non-hydrogen) atoms. The Bertz CT molecular complexity index is 334. The van der Waals surface area contributed by atoms with E-state index in [0.29, 0.717) is 0 Å². The number of hydrogen-bond acceptors (Lipinski definition) is 2. The van der Waals surface area contributed by atoms with E-state index in [1.54, 1.807) is 6.21 Å². The normalized spacial score (nSPS) is 10.3. The van der Waals surface area contributed by atoms with Gasteiger partial charge >= 0.3 is 0 Å². The summed E-state index contributed by atoms with van der Waals surface area (Å²) in [6, 6.07) is 8.01. The zero-order valence-corrected chi connectivity index (χ0v) is 7.99. The van der Waals surface area contributed by atoms with Gasteiger partial charge in [0.05, 0.1) is 6.21 Å². The molecule has 1 aromatic carbocycles. The van der Waals surface area contributed by atoms with Crippen molar-refractivity contribution in [2.24, 2.45) is 10.9 Å². The van der Waals surface area contributed by atoms with Crippen molar-refractivity contribution in [1.82, 2.24) is 0 Å². The Morgan fingerprint density at radius 2 is 1.85 bits per heavy atom. The van der Waals surface area contributed by atoms with Gasteiger partial charge in [0.15, 0.2) is 0 Å². The Morgan fingerprint density at radius 1 is 1.23 bits per heavy atom. The molecule has 0 unspecified atom stereocenters. The highest BCUT2D eigenvalue weighted by atomic mass is 15.1. The van der Waals surface area contributed by atoms with Gasteiger partial charge in [-0.05, 0) is 19.4 Å². The summed E-state index contributed by atoms with van der Waals surface area (Å²) in [4.78, 5) is 0. The van der Waals surface area contributed by atoms with Crippen molar-refractivity contribution in [3.63, 3.8) is 0 Å². The van der Waals surface area contributed by atoms with Gasteiger partial charge in [0.25, 0.3) is 0 Å². The molecule has 1 aromatic rings. The van der Waals surface area contributed by atoms with E-state index >= 15 is 0 Å². The van der Waals surface area contributed by atoms with E-state index in [9.17, 15) is 0 Å². The second-order valence-electron chi connectivity index (χ2n) is 3.13. The van der Waals surface area contributed by atoms with Crippen LogP contribution in [0.15, 0.2) is 34.9 Å². The summed E-state index contributed by atoms with van der Waals surface area (Å²) in [6.07, 6.45) is 3.77. The number of nitrogens with zero attached hydrogens (tertiary/aromatic N) is 1. The lowest BCUT2D eigenvalue weighted by atomic mass is 10.1. The van der Waals surface area contributed by atoms with Crippen LogP contribution in [0.5, 0.6) is 0 Å². The first-order valence-electron chi connectivity index (χ1n) is 4.21. The van der Waals surface area contributed by atoms with Gasteiger partial charge in [-0.3, -0.25) is 0 Å². The standard InChI is InChI=1S/C11H14N2/c1-9(2)7-10-5-3-4-6-11(10)8-13-12/h3-8H,12H2,1-2H3/b13-8-. The minimum atomic E-state index is 1.05. The molecule has 0 saturated heterocycles. The first-order chi connectivity index (χ1) is 6.24. The molecule has 0 aromatic heterocycles. The molecule has 0 aliphatic heterocycles. The third-order valence-electron chi connectivity index (χ3n) is 1.65. The molecule has 0 amide bonds. The lowest BCUT2D eigenvalue weighted by Crippen LogP contribution is -1.89. The van der Waals surface area contributed by atoms with E-state index in [0.717, 1.165) is 11.1 Å². The van der Waals surface area contributed by atoms with Crippen LogP contribution < -0.4 is 5.84 Å². The van der Waals surface area contributed by atoms with Gasteiger partial charge in [-0.25, -0.2) is 0 Å². The van der Waals surface area contributed by atoms with Gasteiger partial charge in [0.2, 0.25) is 0 Å². The quantitative estimate of drug-likeness (QED) is 0.417. The maximum absolute atomic E-state index is 5.11. The SMILES string of the molecule is CC(C)=Cc1ccccc1/C=N\N. The van der Waals surface area contributed by atoms with Crippen LogP contribution >= 0.6 is 0 Å². The third kappa shape index (κ3) is 2.75. The Kier molecular flexibility index (Phi) is 3.26. The van der Waals surface area contributed by atoms with Crippen molar-refractivity contribution in [3.05, 3.63) is 41.0 Å². The second-order valence-corrected chi connectivity index (χ2v) is 3.13. The lowest BCUT2D eigenvalue weighted by Gasteiger charge is -1.99. The molecule has 0 heterocycles. The summed E-state index contributed by atoms with van der Waals surface area (Å²) < 4.78 is 0. The van der Waals surface area contributed by atoms with E-state index in [2.05, 4.69) is 25.0 Å². The van der Waals surface area contributed by atoms with Crippen LogP contribution in [-0.2, 0) is 0 Å². The van der Waals surface area contributed by atoms with Crippen LogP contribution in [0.1, 0.15) is 25.0 Å². The molecule has 0 spiro atoms. The molecular formula is C11H14N2. The van der Waals surface area contributed by atoms with E-state index in [1.165, 1.54) is 5.57 Å². The Hall–Kier alpha value is -1.57. The lowest BCUT2D eigenvalue weighted by molar-refractivity contribution is 1.26. The zero-order chi connectivity index (χ0) is 9.68. The highest BCUT2D eigenvalue weighted by Gasteiger charge is 1.94. The molecule has 2 heteroatoms. The number of nitrogens with two attached hydrogens (primary N) is 1. The van der Waals surface area contributed by atoms with Crippen LogP contribution in [0.2, 0.25) is 0 Å². The van der Waals surface area contributed by atoms with Gasteiger partial charge < -0.3 is 5.84 Å². The van der Waals surface area contributed by atoms with Crippen molar-refractivity contribution >= 4 is 12.3 Å². The van der Waals surface area contributed by atoms with E-state index in [-0.39, 0.29) is 0 Å². The summed E-state index contributed by atoms with van der Waals surface area (Å²) in [6.45, 7) is 4.13. The molecule has 2 N–H and O–H groups in total. The van der Waals surface area contributed by atoms with Crippen molar-refractivity contribution in [3.8, 4) is 0 Å². The number of benzene rings is 1. The van der Waals surface area contributed by atoms with Crippen LogP contribution in [0.3, 0.4) is 0 Å². The van der Waals surface area contributed by atoms with Gasteiger partial charge in [-0.1, -0.05) is 35.9 Å². The van der Waals surface area contributed by atoms with Gasteiger partial charge in [0.1, 0.15) is 0 Å². The molecule has 68 valence electrons. The number of hydrogen-bond donors (Lipinski definition) is 1. The maximum atomic E-state index is 5.11. The Labute approximate surface area is 78.8 Å². The monoisotopic (exact) mass is 174 g/mol. The number of allylic oxidation sites excluding steroid dienone is 1. The van der Waals surface area contributed by atoms with E-state index < -0.39 is 0 Å². The van der Waals surface area contributed by atoms with Crippen LogP contribution in [-0.4, -0.2) is 6.21 Å². The van der Waals surface area contributed by atoms with Crippen LogP contribution in [0.25, 0.3) is 6.08 Å². The molecule has 0 radical (unpaired) electrons. The van der Waals surface area contributed by atoms with Crippen molar-refractivity contribution in [1.29, 1.82) is 0 Å². The average molecular weight is 174 g/mol. The van der Waals surface area contributed by atoms with E-state index in [4.69, 9.17) is 5.84 Å². The molecule has 0 aliphatic rings. The van der Waals surface area contributed by atoms with Crippen molar-refractivity contribution in [2.75, 3.05) is 0 Å². The summed E-state index contributed by atoms with van der Waals surface area (Å²) >= 11 is 0. The Balaban J connectivity index is 3.12. The molecule has 1 rings (SSSR count). The molecule has 0 fully saturated rings. The fourth-order valence-corrected chi connectivity index (χ4v) is 1.15. The largest absolute Gasteiger partial charge is 0.323 e. The van der Waals surface area contributed by atoms with Crippen molar-refractivity contribution < 1.29 is 0 Å². The number of hydrazone groups is 1. The maximum Gasteiger partial charge on any atom is 0.0544 e. The smallest absolute Gasteiger partial charge is 0.0544 e. The molecule has 0 bridgehead atoms. The molecular weight excluding hydrogens is 160 g/mol. The predicted molar refractivity (Wildman–Crippen MR) is 57.5 cm³/mol. The van der Waals surface area contributed by atoms with Crippen LogP contribution in [0.4, 0.5) is 0 Å². The highest BCUT2D eigenvalue weighted by molar-refractivity contribution is 5.85. The molecule has 2 nitrogen and oxygen atoms in total. The minimum Gasteiger partial charge on any atom is -0.323 e. The number of rotatable bonds is 2. The van der Waals surface area contributed by atoms with Crippen LogP contribution in [0, 0.1) is 0 Å². The van der Waals surface area contributed by atoms with Gasteiger partial charge in [-0.2, -0.15) is 5.10 Å². The first-order valence-corrected chi connectivity index (χ1v) is 4.21. The van der Waals surface area contributed by atoms with Gasteiger partial charge in [0, 0.05) is 5.56 Å². The molecule has 0 saturated carbocycles. The average Bonchev–Trinajstić information content (AvgIpc) is 2.08. The van der Waals surface area contributed by atoms with Gasteiger partial charge in [-0.15, -0.1) is 0 Å². The summed E-state index contributed by atoms with van der Waals surface area (Å²) in [7, 11) is 0. The Morgan fingerprint density at radius 3 is 2.38 bits per heavy atom. The summed E-state index contributed by atoms with van der Waals surface area (Å²) in [5, 5.41) is 3.52. The summed E-state index contributed by atoms with van der Waals surface area (Å²) in [5.74, 6) is 5.11. The second kappa shape index (κ2) is 4.45. The fraction of sp³-hybridized carbons (Fsp3) is 0.182. The third-order valence-corrected chi connectivity index (χ3v) is 1.65. The fourth-order valence-electron chi connectivity index (χ4n) is 1.15. The molecule has 0 atom stereocenters. The molecule has 0 aliphatic carbocycles. The zero-order valence-electron chi connectivity index (χ0n) is 7.99.